The van der Waals surface area contributed by atoms with Gasteiger partial charge in [-0.3, -0.25) is 0 Å². The van der Waals surface area contributed by atoms with Gasteiger partial charge in [0.1, 0.15) is 0 Å². The lowest BCUT2D eigenvalue weighted by Crippen LogP contribution is -2.54. The molecule has 0 heterocycles. The highest BCUT2D eigenvalue weighted by Crippen LogP contribution is 2.45. The van der Waals surface area contributed by atoms with Crippen LogP contribution in [0.3, 0.4) is 0 Å². The third-order valence-electron chi connectivity index (χ3n) is 2.61. The van der Waals surface area contributed by atoms with Gasteiger partial charge in [-0.1, -0.05) is 24.3 Å². The van der Waals surface area contributed by atoms with Crippen molar-refractivity contribution in [3.63, 3.8) is 0 Å². The monoisotopic (exact) mass is 250 g/mol. The van der Waals surface area contributed by atoms with Gasteiger partial charge in [0.05, 0.1) is 0 Å². The predicted octanol–water partition coefficient (Wildman–Crippen LogP) is 1.19. The van der Waals surface area contributed by atoms with Crippen molar-refractivity contribution in [2.24, 2.45) is 0 Å². The highest BCUT2D eigenvalue weighted by atomic mass is 19.4. The second-order valence-corrected chi connectivity index (χ2v) is 3.82. The standard InChI is InChI=1S/C11H7F5O/c12-10(13,11(14,15)16)9(17)5-7-3-1-2-4-8(7)6-9/h1-6,17H. The lowest BCUT2D eigenvalue weighted by atomic mass is 9.96. The van der Waals surface area contributed by atoms with Gasteiger partial charge in [-0.25, -0.2) is 0 Å². The minimum atomic E-state index is -5.81. The van der Waals surface area contributed by atoms with Crippen LogP contribution in [0.15, 0.2) is 24.3 Å². The molecule has 1 aromatic rings. The van der Waals surface area contributed by atoms with E-state index in [1.807, 2.05) is 0 Å². The molecule has 0 unspecified atom stereocenters. The van der Waals surface area contributed by atoms with E-state index < -0.39 is 17.7 Å². The molecule has 17 heavy (non-hydrogen) atoms. The topological polar surface area (TPSA) is 20.2 Å². The van der Waals surface area contributed by atoms with Crippen LogP contribution in [-0.4, -0.2) is 22.8 Å². The average molecular weight is 250 g/mol. The first-order valence-corrected chi connectivity index (χ1v) is 4.65. The van der Waals surface area contributed by atoms with Crippen LogP contribution in [0.1, 0.15) is 0 Å². The summed E-state index contributed by atoms with van der Waals surface area (Å²) in [6, 6.07) is 5.69. The third kappa shape index (κ3) is 1.63. The molecule has 0 atom stereocenters. The molecule has 0 saturated carbocycles. The number of benzene rings is 1. The number of aliphatic hydroxyl groups is 1. The largest absolute Gasteiger partial charge is 0.457 e. The maximum absolute atomic E-state index is 13.1. The van der Waals surface area contributed by atoms with Gasteiger partial charge in [-0.2, -0.15) is 22.0 Å². The molecule has 0 aromatic heterocycles. The minimum Gasteiger partial charge on any atom is -0.375 e. The molecular weight excluding hydrogens is 243 g/mol. The van der Waals surface area contributed by atoms with Gasteiger partial charge in [-0.05, 0) is 22.6 Å². The third-order valence-corrected chi connectivity index (χ3v) is 2.61. The summed E-state index contributed by atoms with van der Waals surface area (Å²) >= 11 is 0. The summed E-state index contributed by atoms with van der Waals surface area (Å²) in [5.74, 6) is -5.22. The summed E-state index contributed by atoms with van der Waals surface area (Å²) in [5, 5.41) is 9.80. The predicted molar refractivity (Wildman–Crippen MR) is 50.6 cm³/mol. The van der Waals surface area contributed by atoms with Crippen LogP contribution in [0.5, 0.6) is 0 Å². The van der Waals surface area contributed by atoms with E-state index in [0.29, 0.717) is 12.2 Å². The molecule has 0 fully saturated rings. The Bertz CT molecular complexity index is 523. The van der Waals surface area contributed by atoms with Crippen LogP contribution in [-0.2, 0) is 0 Å². The van der Waals surface area contributed by atoms with E-state index >= 15 is 0 Å². The van der Waals surface area contributed by atoms with Crippen molar-refractivity contribution in [2.75, 3.05) is 0 Å². The van der Waals surface area contributed by atoms with Crippen molar-refractivity contribution >= 4 is 12.2 Å². The van der Waals surface area contributed by atoms with E-state index in [4.69, 9.17) is 0 Å². The highest BCUT2D eigenvalue weighted by Gasteiger charge is 2.68. The van der Waals surface area contributed by atoms with E-state index in [0.717, 1.165) is 0 Å². The van der Waals surface area contributed by atoms with Crippen molar-refractivity contribution in [1.82, 2.24) is 0 Å². The number of rotatable bonds is 1. The molecule has 0 bridgehead atoms. The molecule has 0 amide bonds. The van der Waals surface area contributed by atoms with Crippen LogP contribution in [0.25, 0.3) is 12.2 Å². The van der Waals surface area contributed by atoms with Crippen LogP contribution in [0.4, 0.5) is 22.0 Å². The van der Waals surface area contributed by atoms with Crippen molar-refractivity contribution in [1.29, 1.82) is 0 Å². The fraction of sp³-hybridized carbons (Fsp3) is 0.273. The molecule has 92 valence electrons. The summed E-state index contributed by atoms with van der Waals surface area (Å²) in [7, 11) is 0. The fourth-order valence-corrected chi connectivity index (χ4v) is 1.70. The van der Waals surface area contributed by atoms with E-state index in [2.05, 4.69) is 0 Å². The van der Waals surface area contributed by atoms with Crippen LogP contribution in [0.2, 0.25) is 0 Å². The molecule has 0 saturated heterocycles. The zero-order valence-corrected chi connectivity index (χ0v) is 8.30. The molecule has 0 radical (unpaired) electrons. The molecular formula is C11H7F5O. The van der Waals surface area contributed by atoms with Gasteiger partial charge in [0.15, 0.2) is 5.60 Å². The maximum atomic E-state index is 13.1. The van der Waals surface area contributed by atoms with Crippen molar-refractivity contribution in [3.05, 3.63) is 34.7 Å². The maximum Gasteiger partial charge on any atom is 0.457 e. The van der Waals surface area contributed by atoms with Gasteiger partial charge in [0.25, 0.3) is 0 Å². The first-order valence-electron chi connectivity index (χ1n) is 4.65. The summed E-state index contributed by atoms with van der Waals surface area (Å²) in [5.41, 5.74) is -3.32. The number of fused-ring (bicyclic) bond motifs is 1. The summed E-state index contributed by atoms with van der Waals surface area (Å²) in [6.07, 6.45) is -4.76. The van der Waals surface area contributed by atoms with Crippen LogP contribution in [0, 0.1) is 0 Å². The molecule has 1 aliphatic rings. The Morgan fingerprint density at radius 1 is 0.882 bits per heavy atom. The Morgan fingerprint density at radius 2 is 1.29 bits per heavy atom. The Labute approximate surface area is 92.5 Å². The van der Waals surface area contributed by atoms with Gasteiger partial charge in [-0.15, -0.1) is 0 Å². The van der Waals surface area contributed by atoms with Crippen molar-refractivity contribution < 1.29 is 27.1 Å². The van der Waals surface area contributed by atoms with Crippen LogP contribution >= 0.6 is 0 Å². The van der Waals surface area contributed by atoms with Crippen molar-refractivity contribution in [3.8, 4) is 0 Å². The first-order chi connectivity index (χ1) is 7.67. The number of hydrogen-bond acceptors (Lipinski definition) is 1. The molecule has 1 nitrogen and oxygen atoms in total. The van der Waals surface area contributed by atoms with E-state index in [-0.39, 0.29) is 10.4 Å². The molecule has 1 aliphatic carbocycles. The smallest absolute Gasteiger partial charge is 0.375 e. The minimum absolute atomic E-state index is 0.152. The molecule has 2 rings (SSSR count). The highest BCUT2D eigenvalue weighted by molar-refractivity contribution is 5.62. The number of alkyl halides is 5. The average Bonchev–Trinajstić information content (AvgIpc) is 2.53. The Morgan fingerprint density at radius 3 is 1.65 bits per heavy atom. The van der Waals surface area contributed by atoms with Gasteiger partial charge in [0, 0.05) is 0 Å². The van der Waals surface area contributed by atoms with Gasteiger partial charge in [0.2, 0.25) is 0 Å². The van der Waals surface area contributed by atoms with E-state index in [1.54, 1.807) is 0 Å². The molecule has 6 heteroatoms. The first kappa shape index (κ1) is 12.0. The SMILES string of the molecule is OC1(C(F)(F)C(F)(F)F)C=c2ccccc2=C1. The van der Waals surface area contributed by atoms with E-state index in [9.17, 15) is 27.1 Å². The van der Waals surface area contributed by atoms with Gasteiger partial charge >= 0.3 is 12.1 Å². The molecule has 1 aromatic carbocycles. The zero-order valence-electron chi connectivity index (χ0n) is 8.30. The Hall–Kier alpha value is -1.43. The number of hydrogen-bond donors (Lipinski definition) is 1. The molecule has 0 aliphatic heterocycles. The van der Waals surface area contributed by atoms with Gasteiger partial charge < -0.3 is 5.11 Å². The molecule has 1 N–H and O–H groups in total. The van der Waals surface area contributed by atoms with E-state index in [1.165, 1.54) is 24.3 Å². The summed E-state index contributed by atoms with van der Waals surface area (Å²) in [4.78, 5) is 0. The lowest BCUT2D eigenvalue weighted by Gasteiger charge is -2.30. The Balaban J connectivity index is 2.60. The summed E-state index contributed by atoms with van der Waals surface area (Å²) < 4.78 is 62.9. The Kier molecular flexibility index (Phi) is 2.33. The number of halogens is 5. The molecule has 0 spiro atoms. The normalized spacial score (nSPS) is 18.2. The summed E-state index contributed by atoms with van der Waals surface area (Å²) in [6.45, 7) is 0. The quantitative estimate of drug-likeness (QED) is 0.742. The van der Waals surface area contributed by atoms with Crippen molar-refractivity contribution in [2.45, 2.75) is 17.7 Å². The second kappa shape index (κ2) is 3.29. The van der Waals surface area contributed by atoms with Crippen LogP contribution < -0.4 is 10.4 Å². The fourth-order valence-electron chi connectivity index (χ4n) is 1.70. The zero-order chi connectivity index (χ0) is 12.9. The second-order valence-electron chi connectivity index (χ2n) is 3.82. The lowest BCUT2D eigenvalue weighted by molar-refractivity contribution is -0.315.